The number of carbonyl (C=O) groups is 2. The summed E-state index contributed by atoms with van der Waals surface area (Å²) >= 11 is 0. The third kappa shape index (κ3) is 8.64. The minimum atomic E-state index is -1.09. The summed E-state index contributed by atoms with van der Waals surface area (Å²) in [4.78, 5) is 27.9. The average Bonchev–Trinajstić information content (AvgIpc) is 2.53. The van der Waals surface area contributed by atoms with Gasteiger partial charge in [-0.3, -0.25) is 4.79 Å². The molecule has 2 aromatic rings. The number of carboxylic acid groups (broad SMARTS) is 1. The largest absolute Gasteiger partial charge is 1.00 e. The Hall–Kier alpha value is -0.384. The number of para-hydroxylation sites is 2. The molecule has 0 fully saturated rings. The van der Waals surface area contributed by atoms with Crippen molar-refractivity contribution in [1.82, 2.24) is 0 Å². The molecule has 0 amide bonds. The van der Waals surface area contributed by atoms with Crippen LogP contribution in [0.15, 0.2) is 60.7 Å². The number of hydrogen-bond acceptors (Lipinski definition) is 5. The first-order valence-corrected chi connectivity index (χ1v) is 6.70. The van der Waals surface area contributed by atoms with Gasteiger partial charge in [0, 0.05) is 5.69 Å². The van der Waals surface area contributed by atoms with Gasteiger partial charge in [0.2, 0.25) is 0 Å². The Kier molecular flexibility index (Phi) is 12.7. The number of anilines is 2. The van der Waals surface area contributed by atoms with E-state index in [9.17, 15) is 9.59 Å². The molecule has 3 N–H and O–H groups in total. The van der Waals surface area contributed by atoms with Crippen LogP contribution in [-0.2, 0) is 14.4 Å². The Morgan fingerprint density at radius 1 is 1.00 bits per heavy atom. The molecule has 0 bridgehead atoms. The zero-order valence-corrected chi connectivity index (χ0v) is 18.9. The summed E-state index contributed by atoms with van der Waals surface area (Å²) in [6.45, 7) is 0. The molecule has 0 aliphatic rings. The van der Waals surface area contributed by atoms with Gasteiger partial charge in [0.15, 0.2) is 0 Å². The molecule has 0 aliphatic carbocycles. The smallest absolute Gasteiger partial charge is 1.00 e. The van der Waals surface area contributed by atoms with Crippen LogP contribution in [0.25, 0.3) is 0 Å². The third-order valence-corrected chi connectivity index (χ3v) is 2.82. The van der Waals surface area contributed by atoms with Gasteiger partial charge in [-0.05, 0) is 24.3 Å². The Labute approximate surface area is 208 Å². The number of carboxylic acids is 1. The fourth-order valence-corrected chi connectivity index (χ4v) is 1.79. The van der Waals surface area contributed by atoms with E-state index in [2.05, 4.69) is 10.8 Å². The van der Waals surface area contributed by atoms with E-state index >= 15 is 0 Å². The quantitative estimate of drug-likeness (QED) is 0.353. The molecule has 2 aromatic carbocycles. The summed E-state index contributed by atoms with van der Waals surface area (Å²) in [6, 6.07) is 16.7. The van der Waals surface area contributed by atoms with E-state index in [1.807, 2.05) is 12.1 Å². The minimum absolute atomic E-state index is 0. The zero-order valence-electron chi connectivity index (χ0n) is 15.7. The van der Waals surface area contributed by atoms with E-state index in [1.54, 1.807) is 48.5 Å². The molecule has 0 spiro atoms. The van der Waals surface area contributed by atoms with Crippen molar-refractivity contribution in [1.29, 1.82) is 0 Å². The second kappa shape index (κ2) is 12.9. The number of carbonyl (C=O) groups excluding carboxylic acids is 1. The van der Waals surface area contributed by atoms with Gasteiger partial charge < -0.3 is 18.1 Å². The van der Waals surface area contributed by atoms with Crippen LogP contribution < -0.4 is 91.7 Å². The monoisotopic (exact) mass is 364 g/mol. The van der Waals surface area contributed by atoms with Crippen molar-refractivity contribution in [3.8, 4) is 0 Å². The summed E-state index contributed by atoms with van der Waals surface area (Å²) < 4.78 is 0. The van der Waals surface area contributed by atoms with Crippen molar-refractivity contribution >= 4 is 23.3 Å². The van der Waals surface area contributed by atoms with Crippen molar-refractivity contribution in [3.63, 3.8) is 0 Å². The van der Waals surface area contributed by atoms with E-state index in [-0.39, 0.29) is 90.2 Å². The second-order valence-electron chi connectivity index (χ2n) is 4.55. The molecule has 0 saturated carbocycles. The van der Waals surface area contributed by atoms with Crippen LogP contribution in [0.3, 0.4) is 0 Å². The molecular formula is C16H18KN2NaO4. The van der Waals surface area contributed by atoms with Crippen LogP contribution >= 0.6 is 0 Å². The van der Waals surface area contributed by atoms with Crippen molar-refractivity contribution < 1.29 is 103 Å². The molecule has 2 rings (SSSR count). The summed E-state index contributed by atoms with van der Waals surface area (Å²) in [5.41, 5.74) is 3.75. The minimum Gasteiger partial charge on any atom is -1.00 e. The van der Waals surface area contributed by atoms with Gasteiger partial charge in [-0.25, -0.2) is 10.3 Å². The Balaban J connectivity index is -0.00000132. The van der Waals surface area contributed by atoms with Gasteiger partial charge in [-0.2, -0.15) is 0 Å². The molecule has 8 heteroatoms. The van der Waals surface area contributed by atoms with E-state index in [4.69, 9.17) is 9.94 Å². The SMILES string of the molecule is O=C(O)CC(Nc1ccccc1)C(=O)ONc1ccccc1.[H-].[H-].[K+].[Na+]. The Morgan fingerprint density at radius 2 is 1.50 bits per heavy atom. The first kappa shape index (κ1) is 23.6. The van der Waals surface area contributed by atoms with Crippen molar-refractivity contribution in [2.75, 3.05) is 10.8 Å². The summed E-state index contributed by atoms with van der Waals surface area (Å²) in [7, 11) is 0. The fraction of sp³-hybridized carbons (Fsp3) is 0.125. The maximum Gasteiger partial charge on any atom is 1.00 e. The average molecular weight is 364 g/mol. The van der Waals surface area contributed by atoms with Crippen LogP contribution in [0.2, 0.25) is 0 Å². The molecule has 1 unspecified atom stereocenters. The van der Waals surface area contributed by atoms with Gasteiger partial charge in [0.05, 0.1) is 12.1 Å². The van der Waals surface area contributed by atoms with Gasteiger partial charge in [0.25, 0.3) is 0 Å². The maximum absolute atomic E-state index is 12.0. The predicted molar refractivity (Wildman–Crippen MR) is 84.5 cm³/mol. The topological polar surface area (TPSA) is 87.7 Å². The van der Waals surface area contributed by atoms with E-state index in [1.165, 1.54) is 0 Å². The number of aliphatic carboxylic acids is 1. The number of rotatable bonds is 7. The molecule has 1 atom stereocenters. The molecule has 0 aromatic heterocycles. The summed E-state index contributed by atoms with van der Waals surface area (Å²) in [5.74, 6) is -1.79. The van der Waals surface area contributed by atoms with Crippen LogP contribution in [0, 0.1) is 0 Å². The maximum atomic E-state index is 12.0. The number of benzene rings is 2. The molecule has 24 heavy (non-hydrogen) atoms. The van der Waals surface area contributed by atoms with E-state index in [0.717, 1.165) is 0 Å². The Bertz CT molecular complexity index is 639. The molecule has 0 aliphatic heterocycles. The first-order chi connectivity index (χ1) is 10.6. The van der Waals surface area contributed by atoms with Crippen molar-refractivity contribution in [3.05, 3.63) is 60.7 Å². The van der Waals surface area contributed by atoms with E-state index in [0.29, 0.717) is 11.4 Å². The fourth-order valence-electron chi connectivity index (χ4n) is 1.79. The van der Waals surface area contributed by atoms with Gasteiger partial charge >= 0.3 is 92.9 Å². The molecule has 118 valence electrons. The molecule has 0 saturated heterocycles. The van der Waals surface area contributed by atoms with Crippen molar-refractivity contribution in [2.24, 2.45) is 0 Å². The zero-order chi connectivity index (χ0) is 15.8. The predicted octanol–water partition coefficient (Wildman–Crippen LogP) is -3.25. The molecule has 6 nitrogen and oxygen atoms in total. The van der Waals surface area contributed by atoms with Crippen LogP contribution in [0.5, 0.6) is 0 Å². The van der Waals surface area contributed by atoms with Crippen LogP contribution in [0.4, 0.5) is 11.4 Å². The van der Waals surface area contributed by atoms with Crippen molar-refractivity contribution in [2.45, 2.75) is 12.5 Å². The van der Waals surface area contributed by atoms with Crippen LogP contribution in [-0.4, -0.2) is 23.1 Å². The molecule has 0 heterocycles. The molecule has 0 radical (unpaired) electrons. The summed E-state index contributed by atoms with van der Waals surface area (Å²) in [6.07, 6.45) is -0.385. The molecular weight excluding hydrogens is 346 g/mol. The standard InChI is InChI=1S/C16H16N2O4.K.Na.2H/c19-15(20)11-14(17-12-7-3-1-4-8-12)16(21)22-18-13-9-5-2-6-10-13;;;;/h1-10,14,17-18H,11H2,(H,19,20);;;;/q;2*+1;2*-1. The second-order valence-corrected chi connectivity index (χ2v) is 4.55. The first-order valence-electron chi connectivity index (χ1n) is 6.70. The van der Waals surface area contributed by atoms with Gasteiger partial charge in [-0.15, -0.1) is 0 Å². The van der Waals surface area contributed by atoms with Crippen LogP contribution in [0.1, 0.15) is 9.27 Å². The van der Waals surface area contributed by atoms with E-state index < -0.39 is 18.0 Å². The van der Waals surface area contributed by atoms with Gasteiger partial charge in [-0.1, -0.05) is 36.4 Å². The number of nitrogens with one attached hydrogen (secondary N) is 2. The summed E-state index contributed by atoms with van der Waals surface area (Å²) in [5, 5.41) is 11.8. The third-order valence-electron chi connectivity index (χ3n) is 2.82. The Morgan fingerprint density at radius 3 is 2.00 bits per heavy atom. The number of hydrogen-bond donors (Lipinski definition) is 3. The normalized spacial score (nSPS) is 10.3. The van der Waals surface area contributed by atoms with Gasteiger partial charge in [0.1, 0.15) is 6.04 Å².